The second-order valence-electron chi connectivity index (χ2n) is 8.13. The van der Waals surface area contributed by atoms with Crippen molar-refractivity contribution < 1.29 is 4.79 Å². The number of aromatic amines is 1. The van der Waals surface area contributed by atoms with Crippen molar-refractivity contribution in [3.05, 3.63) is 72.7 Å². The third kappa shape index (κ3) is 4.66. The molecule has 3 N–H and O–H groups in total. The Bertz CT molecular complexity index is 1270. The van der Waals surface area contributed by atoms with Crippen LogP contribution in [0, 0.1) is 0 Å². The highest BCUT2D eigenvalue weighted by atomic mass is 32.2. The monoisotopic (exact) mass is 458 g/mol. The number of H-pyrrole nitrogens is 1. The Morgan fingerprint density at radius 3 is 2.94 bits per heavy atom. The van der Waals surface area contributed by atoms with E-state index in [9.17, 15) is 4.79 Å². The van der Waals surface area contributed by atoms with Crippen molar-refractivity contribution in [2.75, 3.05) is 34.9 Å². The summed E-state index contributed by atoms with van der Waals surface area (Å²) in [5.74, 6) is 1.34. The lowest BCUT2D eigenvalue weighted by Gasteiger charge is -2.34. The molecule has 1 saturated heterocycles. The number of aromatic nitrogens is 3. The predicted molar refractivity (Wildman–Crippen MR) is 135 cm³/mol. The van der Waals surface area contributed by atoms with Crippen LogP contribution in [0.15, 0.2) is 72.0 Å². The molecule has 1 aliphatic rings. The van der Waals surface area contributed by atoms with Crippen LogP contribution in [-0.2, 0) is 0 Å². The van der Waals surface area contributed by atoms with Crippen molar-refractivity contribution in [2.45, 2.75) is 23.7 Å². The van der Waals surface area contributed by atoms with Crippen LogP contribution in [0.1, 0.15) is 24.3 Å². The highest BCUT2D eigenvalue weighted by Gasteiger charge is 2.24. The molecule has 0 aliphatic carbocycles. The molecule has 3 heterocycles. The second kappa shape index (κ2) is 9.54. The number of piperidine rings is 1. The molecule has 0 saturated carbocycles. The normalized spacial score (nSPS) is 16.0. The highest BCUT2D eigenvalue weighted by molar-refractivity contribution is 7.98. The standard InChI is InChI=1S/C25H26N6OS/c1-33-22-10-3-2-9-21(22)30-25(32)29-19-8-4-6-17(14-19)18-7-5-13-31(15-18)24-20-11-12-26-23(20)27-16-28-24/h2-4,6,8-12,14,16,18H,5,7,13,15H2,1H3,(H,26,27,28)(H2,29,30,32). The zero-order valence-corrected chi connectivity index (χ0v) is 19.2. The Balaban J connectivity index is 1.29. The van der Waals surface area contributed by atoms with E-state index in [-0.39, 0.29) is 6.03 Å². The number of carbonyl (C=O) groups is 1. The lowest BCUT2D eigenvalue weighted by Crippen LogP contribution is -2.35. The van der Waals surface area contributed by atoms with Crippen molar-refractivity contribution in [1.82, 2.24) is 15.0 Å². The first-order valence-corrected chi connectivity index (χ1v) is 12.3. The summed E-state index contributed by atoms with van der Waals surface area (Å²) in [5, 5.41) is 6.99. The van der Waals surface area contributed by atoms with E-state index in [1.54, 1.807) is 18.1 Å². The van der Waals surface area contributed by atoms with Gasteiger partial charge in [0.1, 0.15) is 17.8 Å². The van der Waals surface area contributed by atoms with Gasteiger partial charge in [-0.25, -0.2) is 14.8 Å². The van der Waals surface area contributed by atoms with Gasteiger partial charge in [0.25, 0.3) is 0 Å². The molecule has 0 spiro atoms. The van der Waals surface area contributed by atoms with Gasteiger partial charge in [0, 0.05) is 35.8 Å². The fourth-order valence-electron chi connectivity index (χ4n) is 4.46. The number of carbonyl (C=O) groups excluding carboxylic acids is 1. The number of rotatable bonds is 5. The number of anilines is 3. The summed E-state index contributed by atoms with van der Waals surface area (Å²) in [5.41, 5.74) is 3.69. The molecule has 8 heteroatoms. The van der Waals surface area contributed by atoms with E-state index in [1.807, 2.05) is 54.9 Å². The zero-order valence-electron chi connectivity index (χ0n) is 18.4. The van der Waals surface area contributed by atoms with Gasteiger partial charge in [0.15, 0.2) is 0 Å². The lowest BCUT2D eigenvalue weighted by atomic mass is 9.90. The quantitative estimate of drug-likeness (QED) is 0.334. The molecule has 2 amide bonds. The third-order valence-electron chi connectivity index (χ3n) is 6.02. The summed E-state index contributed by atoms with van der Waals surface area (Å²) in [6.07, 6.45) is 7.72. The minimum atomic E-state index is -0.241. The predicted octanol–water partition coefficient (Wildman–Crippen LogP) is 5.71. The molecular formula is C25H26N6OS. The largest absolute Gasteiger partial charge is 0.355 e. The van der Waals surface area contributed by atoms with E-state index in [4.69, 9.17) is 0 Å². The Hall–Kier alpha value is -3.52. The van der Waals surface area contributed by atoms with Crippen molar-refractivity contribution >= 4 is 46.0 Å². The number of nitrogens with one attached hydrogen (secondary N) is 3. The van der Waals surface area contributed by atoms with Crippen molar-refractivity contribution in [1.29, 1.82) is 0 Å². The number of para-hydroxylation sites is 1. The minimum absolute atomic E-state index is 0.241. The first-order valence-electron chi connectivity index (χ1n) is 11.1. The molecule has 7 nitrogen and oxygen atoms in total. The fourth-order valence-corrected chi connectivity index (χ4v) is 5.01. The third-order valence-corrected chi connectivity index (χ3v) is 6.82. The summed E-state index contributed by atoms with van der Waals surface area (Å²) < 4.78 is 0. The van der Waals surface area contributed by atoms with Gasteiger partial charge in [-0.2, -0.15) is 0 Å². The first kappa shape index (κ1) is 21.3. The van der Waals surface area contributed by atoms with E-state index in [2.05, 4.69) is 42.6 Å². The van der Waals surface area contributed by atoms with E-state index >= 15 is 0 Å². The maximum atomic E-state index is 12.6. The number of hydrogen-bond acceptors (Lipinski definition) is 5. The molecule has 4 aromatic rings. The van der Waals surface area contributed by atoms with Crippen LogP contribution < -0.4 is 15.5 Å². The van der Waals surface area contributed by atoms with Gasteiger partial charge in [-0.15, -0.1) is 11.8 Å². The molecule has 0 radical (unpaired) electrons. The Kier molecular flexibility index (Phi) is 6.17. The molecule has 5 rings (SSSR count). The maximum absolute atomic E-state index is 12.6. The molecule has 2 aromatic carbocycles. The molecule has 0 bridgehead atoms. The van der Waals surface area contributed by atoms with E-state index in [1.165, 1.54) is 5.56 Å². The Labute approximate surface area is 197 Å². The van der Waals surface area contributed by atoms with Gasteiger partial charge in [-0.3, -0.25) is 0 Å². The smallest absolute Gasteiger partial charge is 0.323 e. The van der Waals surface area contributed by atoms with E-state index in [0.29, 0.717) is 5.92 Å². The number of fused-ring (bicyclic) bond motifs is 1. The van der Waals surface area contributed by atoms with Crippen LogP contribution in [0.25, 0.3) is 11.0 Å². The molecular weight excluding hydrogens is 432 g/mol. The van der Waals surface area contributed by atoms with E-state index < -0.39 is 0 Å². The SMILES string of the molecule is CSc1ccccc1NC(=O)Nc1cccc(C2CCCN(c3ncnc4[nH]ccc34)C2)c1. The topological polar surface area (TPSA) is 85.9 Å². The van der Waals surface area contributed by atoms with Crippen LogP contribution in [0.4, 0.5) is 22.0 Å². The van der Waals surface area contributed by atoms with E-state index in [0.717, 1.165) is 59.1 Å². The van der Waals surface area contributed by atoms with Crippen molar-refractivity contribution in [3.8, 4) is 0 Å². The van der Waals surface area contributed by atoms with Gasteiger partial charge < -0.3 is 20.5 Å². The van der Waals surface area contributed by atoms with Gasteiger partial charge in [-0.1, -0.05) is 24.3 Å². The number of urea groups is 1. The molecule has 2 aromatic heterocycles. The molecule has 1 unspecified atom stereocenters. The molecule has 1 atom stereocenters. The lowest BCUT2D eigenvalue weighted by molar-refractivity contribution is 0.262. The average molecular weight is 459 g/mol. The Morgan fingerprint density at radius 1 is 1.12 bits per heavy atom. The molecule has 1 aliphatic heterocycles. The van der Waals surface area contributed by atoms with Crippen LogP contribution >= 0.6 is 11.8 Å². The minimum Gasteiger partial charge on any atom is -0.355 e. The summed E-state index contributed by atoms with van der Waals surface area (Å²) in [6, 6.07) is 17.8. The van der Waals surface area contributed by atoms with Crippen molar-refractivity contribution in [3.63, 3.8) is 0 Å². The average Bonchev–Trinajstić information content (AvgIpc) is 3.34. The molecule has 33 heavy (non-hydrogen) atoms. The van der Waals surface area contributed by atoms with Crippen LogP contribution in [0.3, 0.4) is 0 Å². The Morgan fingerprint density at radius 2 is 2.03 bits per heavy atom. The van der Waals surface area contributed by atoms with Crippen LogP contribution in [-0.4, -0.2) is 40.3 Å². The summed E-state index contributed by atoms with van der Waals surface area (Å²) in [4.78, 5) is 28.0. The van der Waals surface area contributed by atoms with Gasteiger partial charge in [0.05, 0.1) is 11.1 Å². The van der Waals surface area contributed by atoms with Crippen LogP contribution in [0.2, 0.25) is 0 Å². The van der Waals surface area contributed by atoms with Crippen molar-refractivity contribution in [2.24, 2.45) is 0 Å². The zero-order chi connectivity index (χ0) is 22.6. The fraction of sp³-hybridized carbons (Fsp3) is 0.240. The number of thioether (sulfide) groups is 1. The first-order chi connectivity index (χ1) is 16.2. The molecule has 168 valence electrons. The van der Waals surface area contributed by atoms with Gasteiger partial charge in [-0.05, 0) is 55.0 Å². The summed E-state index contributed by atoms with van der Waals surface area (Å²) in [7, 11) is 0. The number of hydrogen-bond donors (Lipinski definition) is 3. The highest BCUT2D eigenvalue weighted by Crippen LogP contribution is 2.33. The second-order valence-corrected chi connectivity index (χ2v) is 8.98. The summed E-state index contributed by atoms with van der Waals surface area (Å²) >= 11 is 1.61. The number of amides is 2. The maximum Gasteiger partial charge on any atom is 0.323 e. The number of nitrogens with zero attached hydrogens (tertiary/aromatic N) is 3. The molecule has 1 fully saturated rings. The summed E-state index contributed by atoms with van der Waals surface area (Å²) in [6.45, 7) is 1.86. The van der Waals surface area contributed by atoms with Gasteiger partial charge in [0.2, 0.25) is 0 Å². The van der Waals surface area contributed by atoms with Gasteiger partial charge >= 0.3 is 6.03 Å². The van der Waals surface area contributed by atoms with Crippen LogP contribution in [0.5, 0.6) is 0 Å². The number of benzene rings is 2.